The summed E-state index contributed by atoms with van der Waals surface area (Å²) in [5, 5.41) is 8.12. The Morgan fingerprint density at radius 1 is 0.852 bits per heavy atom. The van der Waals surface area contributed by atoms with E-state index in [1.807, 2.05) is 48.7 Å². The van der Waals surface area contributed by atoms with Crippen LogP contribution in [0.2, 0.25) is 5.02 Å². The van der Waals surface area contributed by atoms with Gasteiger partial charge in [-0.1, -0.05) is 35.9 Å². The quantitative estimate of drug-likeness (QED) is 0.522. The lowest BCUT2D eigenvalue weighted by Crippen LogP contribution is -2.06. The Bertz CT molecular complexity index is 1050. The summed E-state index contributed by atoms with van der Waals surface area (Å²) < 4.78 is 0. The number of benzene rings is 1. The van der Waals surface area contributed by atoms with Crippen LogP contribution in [0.1, 0.15) is 11.1 Å². The van der Waals surface area contributed by atoms with Crippen LogP contribution in [0.25, 0.3) is 10.9 Å². The number of aromatic nitrogens is 4. The molecule has 2 N–H and O–H groups in total. The Balaban J connectivity index is 1.50. The molecule has 0 aliphatic heterocycles. The largest absolute Gasteiger partial charge is 0.365 e. The highest BCUT2D eigenvalue weighted by Crippen LogP contribution is 2.21. The summed E-state index contributed by atoms with van der Waals surface area (Å²) in [6, 6.07) is 13.5. The van der Waals surface area contributed by atoms with Crippen molar-refractivity contribution in [1.29, 1.82) is 0 Å². The van der Waals surface area contributed by atoms with E-state index < -0.39 is 0 Å². The van der Waals surface area contributed by atoms with E-state index in [4.69, 9.17) is 11.6 Å². The number of hydrogen-bond acceptors (Lipinski definition) is 6. The molecular weight excluding hydrogens is 360 g/mol. The van der Waals surface area contributed by atoms with Gasteiger partial charge in [-0.05, 0) is 29.3 Å². The van der Waals surface area contributed by atoms with Gasteiger partial charge in [-0.15, -0.1) is 0 Å². The molecule has 1 aromatic carbocycles. The third-order valence-corrected chi connectivity index (χ3v) is 4.46. The van der Waals surface area contributed by atoms with Crippen molar-refractivity contribution in [2.24, 2.45) is 0 Å². The molecule has 0 atom stereocenters. The van der Waals surface area contributed by atoms with Crippen LogP contribution in [0.3, 0.4) is 0 Å². The lowest BCUT2D eigenvalue weighted by molar-refractivity contribution is 1.06. The molecule has 7 heteroatoms. The van der Waals surface area contributed by atoms with Gasteiger partial charge in [0.2, 0.25) is 5.95 Å². The predicted molar refractivity (Wildman–Crippen MR) is 108 cm³/mol. The zero-order valence-corrected chi connectivity index (χ0v) is 15.2. The van der Waals surface area contributed by atoms with E-state index in [1.54, 1.807) is 18.6 Å². The molecule has 0 aliphatic carbocycles. The predicted octanol–water partition coefficient (Wildman–Crippen LogP) is 4.30. The maximum Gasteiger partial charge on any atom is 0.223 e. The smallest absolute Gasteiger partial charge is 0.223 e. The van der Waals surface area contributed by atoms with Gasteiger partial charge in [0.05, 0.1) is 10.9 Å². The van der Waals surface area contributed by atoms with Gasteiger partial charge in [0.25, 0.3) is 0 Å². The van der Waals surface area contributed by atoms with E-state index in [1.165, 1.54) is 0 Å². The molecule has 6 nitrogen and oxygen atoms in total. The van der Waals surface area contributed by atoms with Crippen LogP contribution in [0, 0.1) is 0 Å². The minimum Gasteiger partial charge on any atom is -0.365 e. The standard InChI is InChI=1S/C20H17ClN6/c21-17-6-2-1-5-15(17)12-25-20-26-13-16-18(27-20)7-9-23-19(16)24-11-14-4-3-8-22-10-14/h1-10,13H,11-12H2,(H,23,24)(H,25,26,27). The summed E-state index contributed by atoms with van der Waals surface area (Å²) >= 11 is 6.19. The monoisotopic (exact) mass is 376 g/mol. The molecule has 134 valence electrons. The lowest BCUT2D eigenvalue weighted by Gasteiger charge is -2.10. The maximum absolute atomic E-state index is 6.19. The molecule has 0 spiro atoms. The molecule has 3 heterocycles. The Morgan fingerprint density at radius 3 is 2.63 bits per heavy atom. The van der Waals surface area contributed by atoms with Crippen LogP contribution in [0.4, 0.5) is 11.8 Å². The average molecular weight is 377 g/mol. The number of halogens is 1. The second-order valence-electron chi connectivity index (χ2n) is 5.95. The Morgan fingerprint density at radius 2 is 1.78 bits per heavy atom. The third kappa shape index (κ3) is 4.12. The average Bonchev–Trinajstić information content (AvgIpc) is 2.72. The van der Waals surface area contributed by atoms with Crippen molar-refractivity contribution in [1.82, 2.24) is 19.9 Å². The third-order valence-electron chi connectivity index (χ3n) is 4.09. The highest BCUT2D eigenvalue weighted by Gasteiger charge is 2.07. The molecule has 0 fully saturated rings. The Kier molecular flexibility index (Phi) is 5.07. The SMILES string of the molecule is Clc1ccccc1CNc1ncc2c(NCc3cccnc3)nccc2n1. The number of fused-ring (bicyclic) bond motifs is 1. The van der Waals surface area contributed by atoms with E-state index in [-0.39, 0.29) is 0 Å². The van der Waals surface area contributed by atoms with Gasteiger partial charge in [0.15, 0.2) is 0 Å². The van der Waals surface area contributed by atoms with Crippen molar-refractivity contribution in [3.8, 4) is 0 Å². The van der Waals surface area contributed by atoms with Gasteiger partial charge in [-0.3, -0.25) is 4.98 Å². The fourth-order valence-corrected chi connectivity index (χ4v) is 2.89. The van der Waals surface area contributed by atoms with E-state index in [0.717, 1.165) is 32.9 Å². The molecule has 0 radical (unpaired) electrons. The Labute approximate surface area is 161 Å². The first kappa shape index (κ1) is 17.2. The van der Waals surface area contributed by atoms with Crippen LogP contribution in [0.15, 0.2) is 67.3 Å². The fourth-order valence-electron chi connectivity index (χ4n) is 2.69. The molecule has 0 saturated heterocycles. The van der Waals surface area contributed by atoms with Gasteiger partial charge >= 0.3 is 0 Å². The maximum atomic E-state index is 6.19. The first-order valence-electron chi connectivity index (χ1n) is 8.51. The highest BCUT2D eigenvalue weighted by atomic mass is 35.5. The summed E-state index contributed by atoms with van der Waals surface area (Å²) in [5.41, 5.74) is 2.89. The van der Waals surface area contributed by atoms with Crippen molar-refractivity contribution >= 4 is 34.3 Å². The van der Waals surface area contributed by atoms with Crippen molar-refractivity contribution in [3.05, 3.63) is 83.4 Å². The molecule has 0 aliphatic rings. The molecule has 0 amide bonds. The van der Waals surface area contributed by atoms with Gasteiger partial charge < -0.3 is 10.6 Å². The summed E-state index contributed by atoms with van der Waals surface area (Å²) in [4.78, 5) is 17.5. The second kappa shape index (κ2) is 7.97. The first-order chi connectivity index (χ1) is 13.3. The highest BCUT2D eigenvalue weighted by molar-refractivity contribution is 6.31. The van der Waals surface area contributed by atoms with E-state index in [9.17, 15) is 0 Å². The number of hydrogen-bond donors (Lipinski definition) is 2. The number of rotatable bonds is 6. The number of nitrogens with one attached hydrogen (secondary N) is 2. The fraction of sp³-hybridized carbons (Fsp3) is 0.100. The molecule has 0 saturated carbocycles. The zero-order valence-electron chi connectivity index (χ0n) is 14.4. The van der Waals surface area contributed by atoms with Gasteiger partial charge in [-0.25, -0.2) is 15.0 Å². The molecule has 3 aromatic heterocycles. The first-order valence-corrected chi connectivity index (χ1v) is 8.89. The van der Waals surface area contributed by atoms with Crippen molar-refractivity contribution < 1.29 is 0 Å². The van der Waals surface area contributed by atoms with Crippen LogP contribution in [-0.4, -0.2) is 19.9 Å². The second-order valence-corrected chi connectivity index (χ2v) is 6.35. The molecule has 0 bridgehead atoms. The molecule has 0 unspecified atom stereocenters. The van der Waals surface area contributed by atoms with Crippen LogP contribution in [-0.2, 0) is 13.1 Å². The Hall–Kier alpha value is -3.25. The molecule has 4 rings (SSSR count). The number of pyridine rings is 2. The van der Waals surface area contributed by atoms with E-state index in [0.29, 0.717) is 19.0 Å². The molecular formula is C20H17ClN6. The minimum absolute atomic E-state index is 0.548. The van der Waals surface area contributed by atoms with E-state index in [2.05, 4.69) is 30.6 Å². The summed E-state index contributed by atoms with van der Waals surface area (Å²) in [5.74, 6) is 1.29. The van der Waals surface area contributed by atoms with E-state index >= 15 is 0 Å². The molecule has 27 heavy (non-hydrogen) atoms. The van der Waals surface area contributed by atoms with Crippen LogP contribution < -0.4 is 10.6 Å². The van der Waals surface area contributed by atoms with Gasteiger partial charge in [0.1, 0.15) is 5.82 Å². The lowest BCUT2D eigenvalue weighted by atomic mass is 10.2. The number of anilines is 2. The van der Waals surface area contributed by atoms with Crippen molar-refractivity contribution in [2.75, 3.05) is 10.6 Å². The van der Waals surface area contributed by atoms with Crippen molar-refractivity contribution in [3.63, 3.8) is 0 Å². The minimum atomic E-state index is 0.548. The van der Waals surface area contributed by atoms with Gasteiger partial charge in [0, 0.05) is 42.9 Å². The van der Waals surface area contributed by atoms with Gasteiger partial charge in [-0.2, -0.15) is 0 Å². The zero-order chi connectivity index (χ0) is 18.5. The van der Waals surface area contributed by atoms with Crippen LogP contribution >= 0.6 is 11.6 Å². The summed E-state index contributed by atoms with van der Waals surface area (Å²) in [6.07, 6.45) is 7.09. The topological polar surface area (TPSA) is 75.6 Å². The molecule has 4 aromatic rings. The summed E-state index contributed by atoms with van der Waals surface area (Å²) in [7, 11) is 0. The summed E-state index contributed by atoms with van der Waals surface area (Å²) in [6.45, 7) is 1.19. The number of nitrogens with zero attached hydrogens (tertiary/aromatic N) is 4. The van der Waals surface area contributed by atoms with Crippen molar-refractivity contribution in [2.45, 2.75) is 13.1 Å². The van der Waals surface area contributed by atoms with Crippen LogP contribution in [0.5, 0.6) is 0 Å². The normalized spacial score (nSPS) is 10.7.